The molecule has 0 amide bonds. The molecule has 0 saturated heterocycles. The van der Waals surface area contributed by atoms with E-state index in [0.29, 0.717) is 0 Å². The molecule has 2 aliphatic rings. The normalized spacial score (nSPS) is 13.6. The Balaban J connectivity index is 1.38. The SMILES string of the molecule is c1ccc(-c2ccc3c(c2)C2(c4ccccc4Oc4ccccc42)c2cc(-c4cccc5ccccc45)c4oc5ccccc5c4c2-3)cc1. The van der Waals surface area contributed by atoms with Crippen molar-refractivity contribution >= 4 is 32.7 Å². The average Bonchev–Trinajstić information content (AvgIpc) is 3.69. The molecule has 0 fully saturated rings. The summed E-state index contributed by atoms with van der Waals surface area (Å²) >= 11 is 0. The van der Waals surface area contributed by atoms with Crippen molar-refractivity contribution in [2.75, 3.05) is 0 Å². The van der Waals surface area contributed by atoms with Crippen LogP contribution < -0.4 is 4.74 Å². The number of benzene rings is 8. The van der Waals surface area contributed by atoms with Crippen molar-refractivity contribution in [1.29, 1.82) is 0 Å². The topological polar surface area (TPSA) is 22.4 Å². The third-order valence-corrected chi connectivity index (χ3v) is 10.7. The van der Waals surface area contributed by atoms with Crippen LogP contribution in [0.3, 0.4) is 0 Å². The van der Waals surface area contributed by atoms with Crippen molar-refractivity contribution < 1.29 is 9.15 Å². The second kappa shape index (κ2) is 9.82. The first-order chi connectivity index (χ1) is 24.3. The first-order valence-electron chi connectivity index (χ1n) is 16.8. The molecule has 0 unspecified atom stereocenters. The molecule has 8 aromatic carbocycles. The van der Waals surface area contributed by atoms with Gasteiger partial charge >= 0.3 is 0 Å². The average molecular weight is 625 g/mol. The number of para-hydroxylation sites is 3. The third-order valence-electron chi connectivity index (χ3n) is 10.7. The molecule has 0 atom stereocenters. The second-order valence-corrected chi connectivity index (χ2v) is 13.1. The number of hydrogen-bond donors (Lipinski definition) is 0. The van der Waals surface area contributed by atoms with Crippen LogP contribution in [0.15, 0.2) is 174 Å². The molecule has 2 heterocycles. The molecular weight excluding hydrogens is 597 g/mol. The van der Waals surface area contributed by atoms with Gasteiger partial charge in [0.15, 0.2) is 0 Å². The Hall–Kier alpha value is -6.38. The van der Waals surface area contributed by atoms with E-state index in [-0.39, 0.29) is 0 Å². The van der Waals surface area contributed by atoms with Crippen molar-refractivity contribution in [1.82, 2.24) is 0 Å². The maximum Gasteiger partial charge on any atom is 0.143 e. The molecule has 2 nitrogen and oxygen atoms in total. The van der Waals surface area contributed by atoms with Gasteiger partial charge in [0.25, 0.3) is 0 Å². The monoisotopic (exact) mass is 624 g/mol. The van der Waals surface area contributed by atoms with Gasteiger partial charge in [-0.3, -0.25) is 0 Å². The summed E-state index contributed by atoms with van der Waals surface area (Å²) in [6.45, 7) is 0. The van der Waals surface area contributed by atoms with E-state index in [4.69, 9.17) is 9.15 Å². The van der Waals surface area contributed by atoms with Gasteiger partial charge in [-0.2, -0.15) is 0 Å². The highest BCUT2D eigenvalue weighted by Crippen LogP contribution is 2.65. The van der Waals surface area contributed by atoms with Crippen molar-refractivity contribution in [2.45, 2.75) is 5.41 Å². The zero-order chi connectivity index (χ0) is 32.1. The first kappa shape index (κ1) is 26.7. The Morgan fingerprint density at radius 1 is 0.408 bits per heavy atom. The van der Waals surface area contributed by atoms with E-state index in [0.717, 1.165) is 55.7 Å². The number of rotatable bonds is 2. The van der Waals surface area contributed by atoms with E-state index >= 15 is 0 Å². The van der Waals surface area contributed by atoms with Crippen molar-refractivity contribution in [3.63, 3.8) is 0 Å². The van der Waals surface area contributed by atoms with Crippen LogP contribution in [0.25, 0.3) is 66.1 Å². The van der Waals surface area contributed by atoms with E-state index in [1.54, 1.807) is 0 Å². The lowest BCUT2D eigenvalue weighted by Crippen LogP contribution is -2.32. The van der Waals surface area contributed by atoms with Crippen molar-refractivity contribution in [3.8, 4) is 44.9 Å². The van der Waals surface area contributed by atoms with Crippen LogP contribution >= 0.6 is 0 Å². The Kier molecular flexibility index (Phi) is 5.34. The Labute approximate surface area is 283 Å². The molecule has 0 radical (unpaired) electrons. The molecule has 1 aliphatic heterocycles. The number of fused-ring (bicyclic) bond motifs is 14. The highest BCUT2D eigenvalue weighted by molar-refractivity contribution is 6.20. The summed E-state index contributed by atoms with van der Waals surface area (Å²) in [6.07, 6.45) is 0. The minimum Gasteiger partial charge on any atom is -0.457 e. The molecule has 0 saturated carbocycles. The Morgan fingerprint density at radius 2 is 1.08 bits per heavy atom. The van der Waals surface area contributed by atoms with Gasteiger partial charge in [0.05, 0.1) is 5.41 Å². The maximum atomic E-state index is 6.91. The largest absolute Gasteiger partial charge is 0.457 e. The van der Waals surface area contributed by atoms with E-state index in [2.05, 4.69) is 170 Å². The van der Waals surface area contributed by atoms with Crippen LogP contribution in [0.1, 0.15) is 22.3 Å². The third kappa shape index (κ3) is 3.50. The number of furan rings is 1. The fourth-order valence-corrected chi connectivity index (χ4v) is 8.74. The zero-order valence-electron chi connectivity index (χ0n) is 26.5. The molecule has 1 aromatic heterocycles. The number of ether oxygens (including phenoxy) is 1. The van der Waals surface area contributed by atoms with Crippen molar-refractivity contribution in [3.05, 3.63) is 192 Å². The standard InChI is InChI=1S/C47H28O2/c1-2-13-29(14-3-1)31-25-26-34-39(27-31)47(37-20-7-10-23-42(37)48-43-24-11-8-21-38(43)47)40-28-36(33-19-12-16-30-15-4-5-17-32(30)33)46-45(44(34)40)35-18-6-9-22-41(35)49-46/h1-28H. The smallest absolute Gasteiger partial charge is 0.143 e. The molecule has 11 rings (SSSR count). The van der Waals surface area contributed by atoms with E-state index in [1.165, 1.54) is 44.2 Å². The molecule has 1 aliphatic carbocycles. The molecular formula is C47H28O2. The minimum atomic E-state index is -0.632. The van der Waals surface area contributed by atoms with Gasteiger partial charge in [-0.15, -0.1) is 0 Å². The fourth-order valence-electron chi connectivity index (χ4n) is 8.74. The van der Waals surface area contributed by atoms with Crippen LogP contribution in [0.5, 0.6) is 11.5 Å². The highest BCUT2D eigenvalue weighted by Gasteiger charge is 2.52. The summed E-state index contributed by atoms with van der Waals surface area (Å²) < 4.78 is 13.6. The van der Waals surface area contributed by atoms with Crippen LogP contribution in [0, 0.1) is 0 Å². The van der Waals surface area contributed by atoms with Gasteiger partial charge < -0.3 is 9.15 Å². The molecule has 1 spiro atoms. The minimum absolute atomic E-state index is 0.632. The molecule has 49 heavy (non-hydrogen) atoms. The quantitative estimate of drug-likeness (QED) is 0.191. The van der Waals surface area contributed by atoms with E-state index < -0.39 is 5.41 Å². The highest BCUT2D eigenvalue weighted by atomic mass is 16.5. The van der Waals surface area contributed by atoms with Gasteiger partial charge in [0.2, 0.25) is 0 Å². The lowest BCUT2D eigenvalue weighted by atomic mass is 9.65. The summed E-state index contributed by atoms with van der Waals surface area (Å²) in [5.41, 5.74) is 13.1. The van der Waals surface area contributed by atoms with E-state index in [1.807, 2.05) is 0 Å². The fraction of sp³-hybridized carbons (Fsp3) is 0.0213. The maximum absolute atomic E-state index is 6.91. The summed E-state index contributed by atoms with van der Waals surface area (Å²) in [5.74, 6) is 1.77. The van der Waals surface area contributed by atoms with Gasteiger partial charge in [0.1, 0.15) is 22.7 Å². The summed E-state index contributed by atoms with van der Waals surface area (Å²) in [6, 6.07) is 61.1. The molecule has 0 bridgehead atoms. The lowest BCUT2D eigenvalue weighted by Gasteiger charge is -2.39. The predicted octanol–water partition coefficient (Wildman–Crippen LogP) is 12.5. The van der Waals surface area contributed by atoms with Crippen LogP contribution in [-0.2, 0) is 5.41 Å². The predicted molar refractivity (Wildman–Crippen MR) is 199 cm³/mol. The van der Waals surface area contributed by atoms with E-state index in [9.17, 15) is 0 Å². The van der Waals surface area contributed by atoms with Crippen LogP contribution in [0.4, 0.5) is 0 Å². The molecule has 0 N–H and O–H groups in total. The number of hydrogen-bond acceptors (Lipinski definition) is 2. The van der Waals surface area contributed by atoms with Gasteiger partial charge in [-0.1, -0.05) is 140 Å². The summed E-state index contributed by atoms with van der Waals surface area (Å²) in [7, 11) is 0. The Bertz CT molecular complexity index is 2750. The lowest BCUT2D eigenvalue weighted by molar-refractivity contribution is 0.436. The molecule has 9 aromatic rings. The molecule has 2 heteroatoms. The second-order valence-electron chi connectivity index (χ2n) is 13.1. The van der Waals surface area contributed by atoms with Gasteiger partial charge in [0, 0.05) is 27.5 Å². The Morgan fingerprint density at radius 3 is 1.90 bits per heavy atom. The summed E-state index contributed by atoms with van der Waals surface area (Å²) in [5, 5.41) is 4.69. The zero-order valence-corrected chi connectivity index (χ0v) is 26.5. The van der Waals surface area contributed by atoms with Crippen LogP contribution in [-0.4, -0.2) is 0 Å². The summed E-state index contributed by atoms with van der Waals surface area (Å²) in [4.78, 5) is 0. The first-order valence-corrected chi connectivity index (χ1v) is 16.8. The van der Waals surface area contributed by atoms with Crippen molar-refractivity contribution in [2.24, 2.45) is 0 Å². The molecule has 228 valence electrons. The van der Waals surface area contributed by atoms with Crippen LogP contribution in [0.2, 0.25) is 0 Å². The van der Waals surface area contributed by atoms with Gasteiger partial charge in [-0.05, 0) is 80.0 Å². The van der Waals surface area contributed by atoms with Gasteiger partial charge in [-0.25, -0.2) is 0 Å².